The molecule has 8 nitrogen and oxygen atoms in total. The number of amides is 3. The summed E-state index contributed by atoms with van der Waals surface area (Å²) in [5.41, 5.74) is 5.70. The summed E-state index contributed by atoms with van der Waals surface area (Å²) >= 11 is 7.23. The number of nitrogens with one attached hydrogen (secondary N) is 3. The average molecular weight is 445 g/mol. The van der Waals surface area contributed by atoms with Crippen LogP contribution in [0.25, 0.3) is 0 Å². The molecular formula is C20H17ClN4O4S. The van der Waals surface area contributed by atoms with Crippen molar-refractivity contribution in [1.29, 1.82) is 0 Å². The maximum Gasteiger partial charge on any atom is 0.289 e. The van der Waals surface area contributed by atoms with Crippen molar-refractivity contribution in [1.82, 2.24) is 15.8 Å². The summed E-state index contributed by atoms with van der Waals surface area (Å²) in [5.74, 6) is -1.13. The monoisotopic (exact) mass is 444 g/mol. The van der Waals surface area contributed by atoms with Crippen molar-refractivity contribution in [2.45, 2.75) is 13.5 Å². The van der Waals surface area contributed by atoms with E-state index in [-0.39, 0.29) is 28.9 Å². The average Bonchev–Trinajstić information content (AvgIpc) is 3.19. The van der Waals surface area contributed by atoms with E-state index in [1.54, 1.807) is 30.3 Å². The molecule has 0 unspecified atom stereocenters. The largest absolute Gasteiger partial charge is 0.488 e. The molecule has 0 saturated carbocycles. The molecule has 1 aromatic heterocycles. The molecule has 0 saturated heterocycles. The number of thiazole rings is 1. The molecule has 0 radical (unpaired) electrons. The predicted molar refractivity (Wildman–Crippen MR) is 114 cm³/mol. The third kappa shape index (κ3) is 5.56. The van der Waals surface area contributed by atoms with Crippen LogP contribution < -0.4 is 20.9 Å². The van der Waals surface area contributed by atoms with Crippen molar-refractivity contribution in [2.75, 3.05) is 5.32 Å². The van der Waals surface area contributed by atoms with Crippen molar-refractivity contribution >= 4 is 45.8 Å². The summed E-state index contributed by atoms with van der Waals surface area (Å²) in [6, 6.07) is 13.9. The number of anilines is 1. The van der Waals surface area contributed by atoms with Crippen LogP contribution in [-0.2, 0) is 11.4 Å². The number of nitrogens with zero attached hydrogens (tertiary/aromatic N) is 1. The van der Waals surface area contributed by atoms with Crippen LogP contribution in [0.2, 0.25) is 5.02 Å². The van der Waals surface area contributed by atoms with Gasteiger partial charge in [-0.2, -0.15) is 0 Å². The Morgan fingerprint density at radius 2 is 1.73 bits per heavy atom. The van der Waals surface area contributed by atoms with Gasteiger partial charge in [-0.15, -0.1) is 11.3 Å². The van der Waals surface area contributed by atoms with Gasteiger partial charge in [0.1, 0.15) is 18.1 Å². The Hall–Kier alpha value is -3.43. The van der Waals surface area contributed by atoms with Crippen LogP contribution in [0.3, 0.4) is 0 Å². The standard InChI is InChI=1S/C20H17ClN4O4S/c1-12(26)22-20-23-16(11-30-20)19(28)25-24-18(27)14-7-3-5-9-17(14)29-10-13-6-2-4-8-15(13)21/h2-9,11H,10H2,1H3,(H,24,27)(H,25,28)(H,22,23,26). The van der Waals surface area contributed by atoms with Gasteiger partial charge in [-0.3, -0.25) is 25.2 Å². The lowest BCUT2D eigenvalue weighted by atomic mass is 10.2. The van der Waals surface area contributed by atoms with E-state index in [2.05, 4.69) is 21.2 Å². The number of benzene rings is 2. The summed E-state index contributed by atoms with van der Waals surface area (Å²) in [7, 11) is 0. The van der Waals surface area contributed by atoms with Gasteiger partial charge in [0.05, 0.1) is 5.56 Å². The summed E-state index contributed by atoms with van der Waals surface area (Å²) in [4.78, 5) is 39.7. The van der Waals surface area contributed by atoms with Crippen LogP contribution in [0.5, 0.6) is 5.75 Å². The molecule has 3 rings (SSSR count). The quantitative estimate of drug-likeness (QED) is 0.505. The van der Waals surface area contributed by atoms with E-state index in [1.807, 2.05) is 18.2 Å². The molecule has 0 atom stereocenters. The van der Waals surface area contributed by atoms with Crippen LogP contribution in [-0.4, -0.2) is 22.7 Å². The Kier molecular flexibility index (Phi) is 6.99. The minimum Gasteiger partial charge on any atom is -0.488 e. The molecule has 0 aliphatic heterocycles. The molecule has 0 spiro atoms. The van der Waals surface area contributed by atoms with Crippen molar-refractivity contribution < 1.29 is 19.1 Å². The first-order valence-electron chi connectivity index (χ1n) is 8.73. The van der Waals surface area contributed by atoms with E-state index in [0.717, 1.165) is 16.9 Å². The molecule has 1 heterocycles. The number of hydrogen-bond donors (Lipinski definition) is 3. The Balaban J connectivity index is 1.61. The van der Waals surface area contributed by atoms with E-state index in [1.165, 1.54) is 12.3 Å². The second-order valence-corrected chi connectivity index (χ2v) is 7.27. The number of hydrazine groups is 1. The Morgan fingerprint density at radius 3 is 2.50 bits per heavy atom. The topological polar surface area (TPSA) is 109 Å². The summed E-state index contributed by atoms with van der Waals surface area (Å²) in [6.45, 7) is 1.52. The lowest BCUT2D eigenvalue weighted by Crippen LogP contribution is -2.41. The van der Waals surface area contributed by atoms with E-state index in [9.17, 15) is 14.4 Å². The van der Waals surface area contributed by atoms with Crippen molar-refractivity contribution in [3.8, 4) is 5.75 Å². The molecule has 10 heteroatoms. The second-order valence-electron chi connectivity index (χ2n) is 6.00. The molecule has 0 aliphatic carbocycles. The molecule has 154 valence electrons. The van der Waals surface area contributed by atoms with E-state index in [4.69, 9.17) is 16.3 Å². The number of carbonyl (C=O) groups is 3. The van der Waals surface area contributed by atoms with Gasteiger partial charge in [-0.25, -0.2) is 4.98 Å². The van der Waals surface area contributed by atoms with E-state index >= 15 is 0 Å². The van der Waals surface area contributed by atoms with Crippen LogP contribution in [0.15, 0.2) is 53.9 Å². The second kappa shape index (κ2) is 9.86. The van der Waals surface area contributed by atoms with Gasteiger partial charge in [0.2, 0.25) is 5.91 Å². The smallest absolute Gasteiger partial charge is 0.289 e. The maximum atomic E-state index is 12.5. The minimum absolute atomic E-state index is 0.0623. The molecule has 0 bridgehead atoms. The molecule has 3 N–H and O–H groups in total. The Morgan fingerprint density at radius 1 is 1.03 bits per heavy atom. The lowest BCUT2D eigenvalue weighted by molar-refractivity contribution is -0.114. The van der Waals surface area contributed by atoms with Crippen molar-refractivity contribution in [3.05, 3.63) is 75.8 Å². The van der Waals surface area contributed by atoms with Gasteiger partial charge in [-0.1, -0.05) is 41.9 Å². The zero-order valence-corrected chi connectivity index (χ0v) is 17.3. The summed E-state index contributed by atoms with van der Waals surface area (Å²) < 4.78 is 5.75. The highest BCUT2D eigenvalue weighted by atomic mass is 35.5. The van der Waals surface area contributed by atoms with Crippen LogP contribution >= 0.6 is 22.9 Å². The number of hydrogen-bond acceptors (Lipinski definition) is 6. The number of rotatable bonds is 6. The van der Waals surface area contributed by atoms with Gasteiger partial charge < -0.3 is 10.1 Å². The molecular weight excluding hydrogens is 428 g/mol. The number of aromatic nitrogens is 1. The molecule has 30 heavy (non-hydrogen) atoms. The van der Waals surface area contributed by atoms with Crippen LogP contribution in [0.4, 0.5) is 5.13 Å². The fourth-order valence-corrected chi connectivity index (χ4v) is 3.31. The van der Waals surface area contributed by atoms with Crippen molar-refractivity contribution in [2.24, 2.45) is 0 Å². The van der Waals surface area contributed by atoms with Crippen LogP contribution in [0.1, 0.15) is 33.3 Å². The van der Waals surface area contributed by atoms with Gasteiger partial charge >= 0.3 is 0 Å². The maximum absolute atomic E-state index is 12.5. The van der Waals surface area contributed by atoms with Crippen molar-refractivity contribution in [3.63, 3.8) is 0 Å². The fourth-order valence-electron chi connectivity index (χ4n) is 2.38. The normalized spacial score (nSPS) is 10.2. The first kappa shape index (κ1) is 21.3. The first-order chi connectivity index (χ1) is 14.4. The summed E-state index contributed by atoms with van der Waals surface area (Å²) in [5, 5.41) is 4.80. The highest BCUT2D eigenvalue weighted by Crippen LogP contribution is 2.22. The molecule has 2 aromatic carbocycles. The third-order valence-electron chi connectivity index (χ3n) is 3.78. The molecule has 0 fully saturated rings. The molecule has 3 aromatic rings. The zero-order chi connectivity index (χ0) is 21.5. The number of halogens is 1. The highest BCUT2D eigenvalue weighted by molar-refractivity contribution is 7.14. The van der Waals surface area contributed by atoms with Gasteiger partial charge in [-0.05, 0) is 18.2 Å². The summed E-state index contributed by atoms with van der Waals surface area (Å²) in [6.07, 6.45) is 0. The predicted octanol–water partition coefficient (Wildman–Crippen LogP) is 3.41. The highest BCUT2D eigenvalue weighted by Gasteiger charge is 2.16. The first-order valence-corrected chi connectivity index (χ1v) is 9.99. The Labute approximate surface area is 181 Å². The third-order valence-corrected chi connectivity index (χ3v) is 4.91. The zero-order valence-electron chi connectivity index (χ0n) is 15.8. The molecule has 0 aliphatic rings. The van der Waals surface area contributed by atoms with E-state index < -0.39 is 11.8 Å². The number of ether oxygens (including phenoxy) is 1. The molecule has 3 amide bonds. The minimum atomic E-state index is -0.620. The van der Waals surface area contributed by atoms with Gasteiger partial charge in [0.15, 0.2) is 5.13 Å². The number of para-hydroxylation sites is 1. The SMILES string of the molecule is CC(=O)Nc1nc(C(=O)NNC(=O)c2ccccc2OCc2ccccc2Cl)cs1. The van der Waals surface area contributed by atoms with Gasteiger partial charge in [0.25, 0.3) is 11.8 Å². The van der Waals surface area contributed by atoms with E-state index in [0.29, 0.717) is 10.8 Å². The lowest BCUT2D eigenvalue weighted by Gasteiger charge is -2.12. The Bertz CT molecular complexity index is 1090. The van der Waals surface area contributed by atoms with Crippen LogP contribution in [0, 0.1) is 0 Å². The fraction of sp³-hybridized carbons (Fsp3) is 0.100. The number of carbonyl (C=O) groups excluding carboxylic acids is 3. The van der Waals surface area contributed by atoms with Gasteiger partial charge in [0, 0.05) is 22.9 Å².